The van der Waals surface area contributed by atoms with Gasteiger partial charge in [-0.2, -0.15) is 0 Å². The van der Waals surface area contributed by atoms with Gasteiger partial charge in [-0.1, -0.05) is 0 Å². The van der Waals surface area contributed by atoms with E-state index in [2.05, 4.69) is 32.3 Å². The van der Waals surface area contributed by atoms with Crippen molar-refractivity contribution in [3.05, 3.63) is 54.5 Å². The fourth-order valence-corrected chi connectivity index (χ4v) is 3.01. The number of morpholine rings is 1. The van der Waals surface area contributed by atoms with E-state index >= 15 is 0 Å². The van der Waals surface area contributed by atoms with Crippen LogP contribution in [-0.4, -0.2) is 47.3 Å². The number of anilines is 3. The molecule has 0 spiro atoms. The van der Waals surface area contributed by atoms with Gasteiger partial charge in [0, 0.05) is 36.0 Å². The van der Waals surface area contributed by atoms with Gasteiger partial charge in [0.2, 0.25) is 0 Å². The first kappa shape index (κ1) is 16.3. The Labute approximate surface area is 150 Å². The minimum absolute atomic E-state index is 0.0183. The van der Waals surface area contributed by atoms with E-state index in [0.29, 0.717) is 0 Å². The number of aromatic carboxylic acids is 1. The summed E-state index contributed by atoms with van der Waals surface area (Å²) in [5.74, 6) is -1.04. The summed E-state index contributed by atoms with van der Waals surface area (Å²) in [5.41, 5.74) is 3.66. The van der Waals surface area contributed by atoms with Crippen LogP contribution >= 0.6 is 0 Å². The van der Waals surface area contributed by atoms with Crippen LogP contribution in [0.2, 0.25) is 0 Å². The number of pyridine rings is 2. The number of rotatable bonds is 4. The minimum Gasteiger partial charge on any atom is -0.477 e. The summed E-state index contributed by atoms with van der Waals surface area (Å²) in [7, 11) is 0. The fourth-order valence-electron chi connectivity index (χ4n) is 3.01. The van der Waals surface area contributed by atoms with E-state index in [-0.39, 0.29) is 5.69 Å². The number of aromatic nitrogens is 2. The largest absolute Gasteiger partial charge is 0.477 e. The van der Waals surface area contributed by atoms with Crippen molar-refractivity contribution in [3.8, 4) is 0 Å². The number of carboxylic acids is 1. The molecule has 1 saturated heterocycles. The van der Waals surface area contributed by atoms with Crippen molar-refractivity contribution in [1.29, 1.82) is 0 Å². The average Bonchev–Trinajstić information content (AvgIpc) is 2.69. The Morgan fingerprint density at radius 3 is 2.69 bits per heavy atom. The highest BCUT2D eigenvalue weighted by Gasteiger charge is 2.13. The van der Waals surface area contributed by atoms with Crippen molar-refractivity contribution in [2.45, 2.75) is 0 Å². The highest BCUT2D eigenvalue weighted by atomic mass is 16.5. The lowest BCUT2D eigenvalue weighted by Crippen LogP contribution is -2.36. The summed E-state index contributed by atoms with van der Waals surface area (Å²) in [5, 5.41) is 13.3. The number of hydrogen-bond donors (Lipinski definition) is 2. The monoisotopic (exact) mass is 350 g/mol. The maximum Gasteiger partial charge on any atom is 0.354 e. The summed E-state index contributed by atoms with van der Waals surface area (Å²) >= 11 is 0. The lowest BCUT2D eigenvalue weighted by molar-refractivity contribution is 0.0690. The number of carbonyl (C=O) groups is 1. The summed E-state index contributed by atoms with van der Waals surface area (Å²) in [6.45, 7) is 3.21. The molecule has 2 N–H and O–H groups in total. The van der Waals surface area contributed by atoms with Crippen LogP contribution < -0.4 is 10.2 Å². The topological polar surface area (TPSA) is 87.6 Å². The molecule has 1 aliphatic heterocycles. The molecule has 0 bridgehead atoms. The second-order valence-electron chi connectivity index (χ2n) is 6.02. The normalized spacial score (nSPS) is 14.4. The van der Waals surface area contributed by atoms with Gasteiger partial charge in [-0.15, -0.1) is 0 Å². The van der Waals surface area contributed by atoms with Gasteiger partial charge in [0.05, 0.1) is 30.6 Å². The second kappa shape index (κ2) is 6.97. The predicted octanol–water partition coefficient (Wildman–Crippen LogP) is 2.91. The Morgan fingerprint density at radius 2 is 1.96 bits per heavy atom. The van der Waals surface area contributed by atoms with Crippen LogP contribution in [0.25, 0.3) is 10.9 Å². The molecule has 0 amide bonds. The molecule has 3 aromatic rings. The predicted molar refractivity (Wildman–Crippen MR) is 99.3 cm³/mol. The molecule has 1 aromatic carbocycles. The molecule has 7 heteroatoms. The maximum atomic E-state index is 10.9. The second-order valence-corrected chi connectivity index (χ2v) is 6.02. The number of hydrogen-bond acceptors (Lipinski definition) is 6. The van der Waals surface area contributed by atoms with Crippen LogP contribution in [-0.2, 0) is 4.74 Å². The van der Waals surface area contributed by atoms with Crippen LogP contribution in [0.15, 0.2) is 48.8 Å². The van der Waals surface area contributed by atoms with Gasteiger partial charge in [-0.3, -0.25) is 4.98 Å². The van der Waals surface area contributed by atoms with E-state index in [0.717, 1.165) is 54.3 Å². The van der Waals surface area contributed by atoms with Crippen LogP contribution in [0.3, 0.4) is 0 Å². The van der Waals surface area contributed by atoms with E-state index in [1.54, 1.807) is 12.3 Å². The molecule has 1 fully saturated rings. The third kappa shape index (κ3) is 3.29. The van der Waals surface area contributed by atoms with Crippen molar-refractivity contribution in [3.63, 3.8) is 0 Å². The first-order chi connectivity index (χ1) is 12.7. The summed E-state index contributed by atoms with van der Waals surface area (Å²) < 4.78 is 5.42. The summed E-state index contributed by atoms with van der Waals surface area (Å²) in [4.78, 5) is 21.6. The van der Waals surface area contributed by atoms with Gasteiger partial charge in [0.15, 0.2) is 0 Å². The molecule has 0 unspecified atom stereocenters. The van der Waals surface area contributed by atoms with E-state index in [9.17, 15) is 4.79 Å². The number of fused-ring (bicyclic) bond motifs is 1. The highest BCUT2D eigenvalue weighted by molar-refractivity contribution is 5.95. The molecule has 0 atom stereocenters. The number of nitrogens with zero attached hydrogens (tertiary/aromatic N) is 3. The number of ether oxygens (including phenoxy) is 1. The molecule has 0 radical (unpaired) electrons. The minimum atomic E-state index is -1.04. The zero-order chi connectivity index (χ0) is 17.9. The highest BCUT2D eigenvalue weighted by Crippen LogP contribution is 2.29. The van der Waals surface area contributed by atoms with Gasteiger partial charge in [0.1, 0.15) is 5.69 Å². The Kier molecular flexibility index (Phi) is 4.37. The smallest absolute Gasteiger partial charge is 0.354 e. The molecular weight excluding hydrogens is 332 g/mol. The zero-order valence-electron chi connectivity index (χ0n) is 14.1. The molecule has 7 nitrogen and oxygen atoms in total. The molecule has 132 valence electrons. The van der Waals surface area contributed by atoms with Gasteiger partial charge >= 0.3 is 5.97 Å². The SMILES string of the molecule is O=C(O)c1ccc(Nc2ccnc3ccc(N4CCOCC4)cc23)cn1. The van der Waals surface area contributed by atoms with E-state index in [4.69, 9.17) is 9.84 Å². The molecule has 1 aliphatic rings. The van der Waals surface area contributed by atoms with E-state index in [1.165, 1.54) is 12.3 Å². The summed E-state index contributed by atoms with van der Waals surface area (Å²) in [6, 6.07) is 11.3. The lowest BCUT2D eigenvalue weighted by Gasteiger charge is -2.29. The number of carboxylic acid groups (broad SMARTS) is 1. The quantitative estimate of drug-likeness (QED) is 0.748. The van der Waals surface area contributed by atoms with Crippen LogP contribution in [0.4, 0.5) is 17.1 Å². The molecule has 26 heavy (non-hydrogen) atoms. The van der Waals surface area contributed by atoms with E-state index < -0.39 is 5.97 Å². The van der Waals surface area contributed by atoms with Crippen LogP contribution in [0, 0.1) is 0 Å². The third-order valence-corrected chi connectivity index (χ3v) is 4.36. The van der Waals surface area contributed by atoms with Crippen molar-refractivity contribution in [2.75, 3.05) is 36.5 Å². The Bertz CT molecular complexity index is 937. The molecule has 0 aliphatic carbocycles. The van der Waals surface area contributed by atoms with Crippen LogP contribution in [0.1, 0.15) is 10.5 Å². The molecule has 0 saturated carbocycles. The Balaban J connectivity index is 1.66. The number of benzene rings is 1. The third-order valence-electron chi connectivity index (χ3n) is 4.36. The van der Waals surface area contributed by atoms with Crippen molar-refractivity contribution in [2.24, 2.45) is 0 Å². The van der Waals surface area contributed by atoms with Gasteiger partial charge in [0.25, 0.3) is 0 Å². The molecule has 2 aromatic heterocycles. The Morgan fingerprint density at radius 1 is 1.12 bits per heavy atom. The van der Waals surface area contributed by atoms with Gasteiger partial charge in [-0.25, -0.2) is 9.78 Å². The standard InChI is InChI=1S/C19H18N4O3/c24-19(25)18-3-1-13(12-21-18)22-17-5-6-20-16-4-2-14(11-15(16)17)23-7-9-26-10-8-23/h1-6,11-12H,7-10H2,(H,20,22)(H,24,25). The fraction of sp³-hybridized carbons (Fsp3) is 0.211. The Hall–Kier alpha value is -3.19. The first-order valence-electron chi connectivity index (χ1n) is 8.38. The van der Waals surface area contributed by atoms with Gasteiger partial charge in [-0.05, 0) is 36.4 Å². The van der Waals surface area contributed by atoms with Crippen molar-refractivity contribution in [1.82, 2.24) is 9.97 Å². The molecular formula is C19H18N4O3. The zero-order valence-corrected chi connectivity index (χ0v) is 14.1. The van der Waals surface area contributed by atoms with E-state index in [1.807, 2.05) is 12.1 Å². The summed E-state index contributed by atoms with van der Waals surface area (Å²) in [6.07, 6.45) is 3.26. The lowest BCUT2D eigenvalue weighted by atomic mass is 10.1. The molecule has 4 rings (SSSR count). The average molecular weight is 350 g/mol. The van der Waals surface area contributed by atoms with Crippen LogP contribution in [0.5, 0.6) is 0 Å². The first-order valence-corrected chi connectivity index (χ1v) is 8.38. The van der Waals surface area contributed by atoms with Gasteiger partial charge < -0.3 is 20.1 Å². The maximum absolute atomic E-state index is 10.9. The molecule has 3 heterocycles. The van der Waals surface area contributed by atoms with Crippen molar-refractivity contribution < 1.29 is 14.6 Å². The number of nitrogens with one attached hydrogen (secondary N) is 1. The van der Waals surface area contributed by atoms with Crippen molar-refractivity contribution >= 4 is 33.9 Å².